The molecule has 1 unspecified atom stereocenters. The summed E-state index contributed by atoms with van der Waals surface area (Å²) in [5.41, 5.74) is 1.26. The molecule has 7 heteroatoms. The molecule has 4 rings (SSSR count). The summed E-state index contributed by atoms with van der Waals surface area (Å²) in [6, 6.07) is 9.84. The van der Waals surface area contributed by atoms with Gasteiger partial charge < -0.3 is 9.64 Å². The zero-order valence-corrected chi connectivity index (χ0v) is 12.8. The van der Waals surface area contributed by atoms with E-state index in [4.69, 9.17) is 4.74 Å². The first kappa shape index (κ1) is 14.0. The highest BCUT2D eigenvalue weighted by atomic mass is 16.5. The van der Waals surface area contributed by atoms with Gasteiger partial charge in [-0.25, -0.2) is 4.68 Å². The van der Waals surface area contributed by atoms with Crippen LogP contribution in [0.25, 0.3) is 16.7 Å². The fourth-order valence-corrected chi connectivity index (χ4v) is 2.84. The van der Waals surface area contributed by atoms with Crippen LogP contribution in [0.15, 0.2) is 41.3 Å². The van der Waals surface area contributed by atoms with E-state index in [0.717, 1.165) is 5.69 Å². The zero-order chi connectivity index (χ0) is 15.8. The molecule has 3 heterocycles. The van der Waals surface area contributed by atoms with E-state index in [1.54, 1.807) is 10.9 Å². The summed E-state index contributed by atoms with van der Waals surface area (Å²) >= 11 is 0. The number of hydrogen-bond acceptors (Lipinski definition) is 5. The highest BCUT2D eigenvalue weighted by molar-refractivity contribution is 5.76. The van der Waals surface area contributed by atoms with Crippen LogP contribution in [0.1, 0.15) is 6.92 Å². The van der Waals surface area contributed by atoms with Crippen molar-refractivity contribution in [1.29, 1.82) is 0 Å². The van der Waals surface area contributed by atoms with Crippen molar-refractivity contribution >= 4 is 17.0 Å². The molecule has 7 nitrogen and oxygen atoms in total. The van der Waals surface area contributed by atoms with Crippen LogP contribution in [0.2, 0.25) is 0 Å². The number of ether oxygens (including phenoxy) is 1. The van der Waals surface area contributed by atoms with Gasteiger partial charge in [0, 0.05) is 6.54 Å². The molecule has 0 bridgehead atoms. The highest BCUT2D eigenvalue weighted by Crippen LogP contribution is 2.18. The Morgan fingerprint density at radius 2 is 2.13 bits per heavy atom. The lowest BCUT2D eigenvalue weighted by Gasteiger charge is -2.33. The second kappa shape index (κ2) is 5.51. The van der Waals surface area contributed by atoms with Crippen molar-refractivity contribution in [1.82, 2.24) is 19.7 Å². The average Bonchev–Trinajstić information content (AvgIpc) is 3.00. The molecule has 3 aromatic rings. The Labute approximate surface area is 132 Å². The molecule has 1 aromatic carbocycles. The molecular weight excluding hydrogens is 294 g/mol. The number of H-pyrrole nitrogens is 1. The van der Waals surface area contributed by atoms with Gasteiger partial charge in [0.25, 0.3) is 5.56 Å². The minimum atomic E-state index is -0.175. The number of nitrogens with zero attached hydrogens (tertiary/aromatic N) is 4. The van der Waals surface area contributed by atoms with Crippen LogP contribution in [0.4, 0.5) is 5.95 Å². The van der Waals surface area contributed by atoms with Gasteiger partial charge in [0.05, 0.1) is 31.1 Å². The van der Waals surface area contributed by atoms with Crippen molar-refractivity contribution in [2.24, 2.45) is 0 Å². The second-order valence-corrected chi connectivity index (χ2v) is 5.64. The van der Waals surface area contributed by atoms with Crippen molar-refractivity contribution < 1.29 is 4.74 Å². The Morgan fingerprint density at radius 1 is 1.30 bits per heavy atom. The van der Waals surface area contributed by atoms with E-state index in [1.165, 1.54) is 0 Å². The molecule has 0 saturated carbocycles. The topological polar surface area (TPSA) is 76.0 Å². The molecule has 0 radical (unpaired) electrons. The number of rotatable bonds is 2. The lowest BCUT2D eigenvalue weighted by Crippen LogP contribution is -2.45. The summed E-state index contributed by atoms with van der Waals surface area (Å²) in [6.45, 7) is 4.01. The molecule has 1 fully saturated rings. The summed E-state index contributed by atoms with van der Waals surface area (Å²) in [4.78, 5) is 22.0. The fraction of sp³-hybridized carbons (Fsp3) is 0.312. The molecule has 1 aliphatic rings. The van der Waals surface area contributed by atoms with E-state index in [2.05, 4.69) is 26.9 Å². The Hall–Kier alpha value is -2.67. The predicted molar refractivity (Wildman–Crippen MR) is 87.1 cm³/mol. The first-order valence-electron chi connectivity index (χ1n) is 7.62. The van der Waals surface area contributed by atoms with Gasteiger partial charge in [0.15, 0.2) is 5.65 Å². The largest absolute Gasteiger partial charge is 0.377 e. The normalized spacial score (nSPS) is 18.5. The van der Waals surface area contributed by atoms with Gasteiger partial charge in [0.2, 0.25) is 5.95 Å². The van der Waals surface area contributed by atoms with E-state index in [0.29, 0.717) is 36.7 Å². The smallest absolute Gasteiger partial charge is 0.263 e. The average molecular weight is 311 g/mol. The van der Waals surface area contributed by atoms with Crippen molar-refractivity contribution in [3.8, 4) is 5.69 Å². The van der Waals surface area contributed by atoms with E-state index in [1.807, 2.05) is 30.3 Å². The molecule has 1 atom stereocenters. The minimum Gasteiger partial charge on any atom is -0.377 e. The molecule has 118 valence electrons. The maximum Gasteiger partial charge on any atom is 0.263 e. The van der Waals surface area contributed by atoms with Gasteiger partial charge >= 0.3 is 0 Å². The maximum atomic E-state index is 12.4. The van der Waals surface area contributed by atoms with Gasteiger partial charge in [-0.2, -0.15) is 10.1 Å². The first-order chi connectivity index (χ1) is 11.2. The van der Waals surface area contributed by atoms with Crippen LogP contribution in [-0.2, 0) is 4.74 Å². The van der Waals surface area contributed by atoms with Crippen LogP contribution in [-0.4, -0.2) is 45.5 Å². The molecule has 23 heavy (non-hydrogen) atoms. The molecular formula is C16H17N5O2. The lowest BCUT2D eigenvalue weighted by atomic mass is 10.3. The third-order valence-corrected chi connectivity index (χ3v) is 4.07. The second-order valence-electron chi connectivity index (χ2n) is 5.64. The molecule has 1 aliphatic heterocycles. The number of aromatic nitrogens is 4. The zero-order valence-electron chi connectivity index (χ0n) is 12.8. The number of fused-ring (bicyclic) bond motifs is 1. The summed E-state index contributed by atoms with van der Waals surface area (Å²) < 4.78 is 7.14. The SMILES string of the molecule is CC1COCCN1c1nc2c(cnn2-c2ccccc2)c(=O)[nH]1. The van der Waals surface area contributed by atoms with Crippen molar-refractivity contribution in [2.45, 2.75) is 13.0 Å². The van der Waals surface area contributed by atoms with Crippen LogP contribution in [0, 0.1) is 0 Å². The lowest BCUT2D eigenvalue weighted by molar-refractivity contribution is 0.0981. The molecule has 0 spiro atoms. The van der Waals surface area contributed by atoms with Crippen LogP contribution in [0.5, 0.6) is 0 Å². The third-order valence-electron chi connectivity index (χ3n) is 4.07. The fourth-order valence-electron chi connectivity index (χ4n) is 2.84. The summed E-state index contributed by atoms with van der Waals surface area (Å²) in [7, 11) is 0. The summed E-state index contributed by atoms with van der Waals surface area (Å²) in [6.07, 6.45) is 1.56. The van der Waals surface area contributed by atoms with E-state index in [-0.39, 0.29) is 11.6 Å². The molecule has 1 saturated heterocycles. The summed E-state index contributed by atoms with van der Waals surface area (Å²) in [5.74, 6) is 0.566. The highest BCUT2D eigenvalue weighted by Gasteiger charge is 2.22. The molecule has 1 N–H and O–H groups in total. The van der Waals surface area contributed by atoms with Crippen molar-refractivity contribution in [3.05, 3.63) is 46.9 Å². The monoisotopic (exact) mass is 311 g/mol. The van der Waals surface area contributed by atoms with Gasteiger partial charge in [-0.3, -0.25) is 9.78 Å². The number of morpholine rings is 1. The molecule has 2 aromatic heterocycles. The van der Waals surface area contributed by atoms with Gasteiger partial charge in [-0.05, 0) is 19.1 Å². The van der Waals surface area contributed by atoms with E-state index >= 15 is 0 Å². The Bertz CT molecular complexity index is 886. The van der Waals surface area contributed by atoms with E-state index in [9.17, 15) is 4.79 Å². The standard InChI is InChI=1S/C16H17N5O2/c1-11-10-23-8-7-20(11)16-18-14-13(15(22)19-16)9-17-21(14)12-5-3-2-4-6-12/h2-6,9,11H,7-8,10H2,1H3,(H,18,19,22). The van der Waals surface area contributed by atoms with E-state index < -0.39 is 0 Å². The molecule has 0 amide bonds. The van der Waals surface area contributed by atoms with Gasteiger partial charge in [0.1, 0.15) is 5.39 Å². The number of para-hydroxylation sites is 1. The Morgan fingerprint density at radius 3 is 2.91 bits per heavy atom. The number of aromatic amines is 1. The number of anilines is 1. The number of nitrogens with one attached hydrogen (secondary N) is 1. The van der Waals surface area contributed by atoms with Gasteiger partial charge in [-0.15, -0.1) is 0 Å². The quantitative estimate of drug-likeness (QED) is 0.773. The third kappa shape index (κ3) is 2.39. The predicted octanol–water partition coefficient (Wildman–Crippen LogP) is 1.33. The Balaban J connectivity index is 1.87. The number of benzene rings is 1. The van der Waals surface area contributed by atoms with Crippen LogP contribution >= 0.6 is 0 Å². The maximum absolute atomic E-state index is 12.4. The minimum absolute atomic E-state index is 0.164. The first-order valence-corrected chi connectivity index (χ1v) is 7.62. The van der Waals surface area contributed by atoms with Crippen LogP contribution in [0.3, 0.4) is 0 Å². The summed E-state index contributed by atoms with van der Waals surface area (Å²) in [5, 5.41) is 4.81. The Kier molecular flexibility index (Phi) is 3.34. The molecule has 0 aliphatic carbocycles. The number of hydrogen-bond donors (Lipinski definition) is 1. The van der Waals surface area contributed by atoms with Crippen molar-refractivity contribution in [3.63, 3.8) is 0 Å². The van der Waals surface area contributed by atoms with Crippen molar-refractivity contribution in [2.75, 3.05) is 24.7 Å². The van der Waals surface area contributed by atoms with Gasteiger partial charge in [-0.1, -0.05) is 18.2 Å². The van der Waals surface area contributed by atoms with Crippen LogP contribution < -0.4 is 10.5 Å².